The predicted molar refractivity (Wildman–Crippen MR) is 151 cm³/mol. The first kappa shape index (κ1) is 26.8. The standard InChI is InChI=1S/C31H30N2O4S/c1-21(19-29(34)24-9-5-3-6-10-24)32-28(31(35)36)20-23-13-15-26(16-14-23)37-18-17-27-22(2)38-30(33-27)25-11-7-4-8-12-25/h3-16,19,28,32H,17-18,20H2,1-2H3,(H,35,36)/b21-19+/t28-/m0/s1. The smallest absolute Gasteiger partial charge is 0.326 e. The minimum Gasteiger partial charge on any atom is -0.493 e. The molecule has 0 fully saturated rings. The lowest BCUT2D eigenvalue weighted by Crippen LogP contribution is -2.37. The number of aromatic nitrogens is 1. The van der Waals surface area contributed by atoms with Gasteiger partial charge in [0.1, 0.15) is 16.8 Å². The van der Waals surface area contributed by atoms with Crippen LogP contribution in [0.4, 0.5) is 0 Å². The summed E-state index contributed by atoms with van der Waals surface area (Å²) in [6.07, 6.45) is 2.39. The molecule has 4 rings (SSSR count). The highest BCUT2D eigenvalue weighted by atomic mass is 32.1. The van der Waals surface area contributed by atoms with Crippen molar-refractivity contribution in [2.75, 3.05) is 6.61 Å². The molecular weight excluding hydrogens is 496 g/mol. The maximum absolute atomic E-state index is 12.4. The van der Waals surface area contributed by atoms with Crippen LogP contribution in [0, 0.1) is 6.92 Å². The van der Waals surface area contributed by atoms with E-state index in [1.807, 2.05) is 48.5 Å². The van der Waals surface area contributed by atoms with E-state index in [0.29, 0.717) is 30.0 Å². The number of carbonyl (C=O) groups is 2. The average Bonchev–Trinajstić information content (AvgIpc) is 3.30. The molecule has 0 aliphatic rings. The fourth-order valence-corrected chi connectivity index (χ4v) is 4.95. The zero-order valence-electron chi connectivity index (χ0n) is 21.4. The molecular formula is C31H30N2O4S. The molecule has 1 heterocycles. The molecule has 0 saturated carbocycles. The van der Waals surface area contributed by atoms with Gasteiger partial charge >= 0.3 is 5.97 Å². The molecule has 0 unspecified atom stereocenters. The van der Waals surface area contributed by atoms with E-state index in [1.165, 1.54) is 11.0 Å². The molecule has 0 bridgehead atoms. The number of ether oxygens (including phenoxy) is 1. The van der Waals surface area contributed by atoms with Gasteiger partial charge in [-0.2, -0.15) is 0 Å². The Balaban J connectivity index is 1.30. The molecule has 1 atom stereocenters. The summed E-state index contributed by atoms with van der Waals surface area (Å²) in [4.78, 5) is 30.2. The zero-order valence-corrected chi connectivity index (χ0v) is 22.2. The van der Waals surface area contributed by atoms with E-state index in [2.05, 4.69) is 24.4 Å². The molecule has 0 spiro atoms. The summed E-state index contributed by atoms with van der Waals surface area (Å²) < 4.78 is 5.92. The van der Waals surface area contributed by atoms with E-state index in [0.717, 1.165) is 21.8 Å². The largest absolute Gasteiger partial charge is 0.493 e. The van der Waals surface area contributed by atoms with Crippen molar-refractivity contribution < 1.29 is 19.4 Å². The van der Waals surface area contributed by atoms with Gasteiger partial charge in [0, 0.05) is 40.6 Å². The van der Waals surface area contributed by atoms with Crippen molar-refractivity contribution in [3.8, 4) is 16.3 Å². The number of benzene rings is 3. The minimum absolute atomic E-state index is 0.176. The molecule has 0 radical (unpaired) electrons. The second-order valence-electron chi connectivity index (χ2n) is 8.93. The Labute approximate surface area is 226 Å². The first-order valence-corrected chi connectivity index (χ1v) is 13.2. The van der Waals surface area contributed by atoms with Crippen molar-refractivity contribution in [3.05, 3.63) is 118 Å². The average molecular weight is 527 g/mol. The molecule has 7 heteroatoms. The number of carbonyl (C=O) groups excluding carboxylic acids is 1. The number of hydrogen-bond donors (Lipinski definition) is 2. The summed E-state index contributed by atoms with van der Waals surface area (Å²) in [5.74, 6) is -0.446. The van der Waals surface area contributed by atoms with Crippen LogP contribution in [0.5, 0.6) is 5.75 Å². The number of ketones is 1. The third-order valence-electron chi connectivity index (χ3n) is 5.99. The van der Waals surface area contributed by atoms with Gasteiger partial charge in [-0.15, -0.1) is 11.3 Å². The van der Waals surface area contributed by atoms with Crippen molar-refractivity contribution in [2.24, 2.45) is 0 Å². The lowest BCUT2D eigenvalue weighted by atomic mass is 10.1. The van der Waals surface area contributed by atoms with Crippen molar-refractivity contribution in [1.29, 1.82) is 0 Å². The van der Waals surface area contributed by atoms with E-state index < -0.39 is 12.0 Å². The van der Waals surface area contributed by atoms with Gasteiger partial charge < -0.3 is 15.2 Å². The fraction of sp³-hybridized carbons (Fsp3) is 0.194. The number of aliphatic carboxylic acids is 1. The van der Waals surface area contributed by atoms with Crippen molar-refractivity contribution in [3.63, 3.8) is 0 Å². The highest BCUT2D eigenvalue weighted by Gasteiger charge is 2.18. The van der Waals surface area contributed by atoms with Gasteiger partial charge in [0.25, 0.3) is 0 Å². The molecule has 2 N–H and O–H groups in total. The zero-order chi connectivity index (χ0) is 26.9. The van der Waals surface area contributed by atoms with Crippen LogP contribution in [0.2, 0.25) is 0 Å². The lowest BCUT2D eigenvalue weighted by molar-refractivity contribution is -0.139. The van der Waals surface area contributed by atoms with Crippen LogP contribution in [0.3, 0.4) is 0 Å². The van der Waals surface area contributed by atoms with Crippen LogP contribution in [0.25, 0.3) is 10.6 Å². The molecule has 3 aromatic carbocycles. The number of rotatable bonds is 12. The Hall–Kier alpha value is -4.23. The van der Waals surface area contributed by atoms with E-state index in [1.54, 1.807) is 42.5 Å². The van der Waals surface area contributed by atoms with Crippen LogP contribution in [-0.2, 0) is 17.6 Å². The number of aryl methyl sites for hydroxylation is 1. The van der Waals surface area contributed by atoms with E-state index in [9.17, 15) is 14.7 Å². The maximum atomic E-state index is 12.4. The van der Waals surface area contributed by atoms with Gasteiger partial charge in [-0.1, -0.05) is 72.8 Å². The monoisotopic (exact) mass is 526 g/mol. The molecule has 0 saturated heterocycles. The van der Waals surface area contributed by atoms with Crippen molar-refractivity contribution >= 4 is 23.1 Å². The SMILES string of the molecule is C/C(=C\C(=O)c1ccccc1)N[C@@H](Cc1ccc(OCCc2nc(-c3ccccc3)sc2C)cc1)C(=O)O. The maximum Gasteiger partial charge on any atom is 0.326 e. The van der Waals surface area contributed by atoms with Gasteiger partial charge in [-0.05, 0) is 31.5 Å². The molecule has 0 amide bonds. The minimum atomic E-state index is -0.987. The van der Waals surface area contributed by atoms with Crippen LogP contribution in [-0.4, -0.2) is 34.5 Å². The second-order valence-corrected chi connectivity index (χ2v) is 10.1. The third-order valence-corrected chi connectivity index (χ3v) is 7.05. The number of thiazole rings is 1. The molecule has 4 aromatic rings. The quantitative estimate of drug-likeness (QED) is 0.171. The summed E-state index contributed by atoms with van der Waals surface area (Å²) in [6.45, 7) is 4.27. The van der Waals surface area contributed by atoms with Crippen LogP contribution >= 0.6 is 11.3 Å². The highest BCUT2D eigenvalue weighted by molar-refractivity contribution is 7.15. The molecule has 1 aromatic heterocycles. The number of hydrogen-bond acceptors (Lipinski definition) is 6. The lowest BCUT2D eigenvalue weighted by Gasteiger charge is -2.16. The van der Waals surface area contributed by atoms with Gasteiger partial charge in [0.15, 0.2) is 5.78 Å². The van der Waals surface area contributed by atoms with Gasteiger partial charge in [0.2, 0.25) is 0 Å². The topological polar surface area (TPSA) is 88.5 Å². The van der Waals surface area contributed by atoms with E-state index >= 15 is 0 Å². The number of allylic oxidation sites excluding steroid dienone is 2. The Kier molecular flexibility index (Phi) is 9.06. The molecule has 0 aliphatic carbocycles. The third kappa shape index (κ3) is 7.40. The number of nitrogens with one attached hydrogen (secondary N) is 1. The Morgan fingerprint density at radius 1 is 1.00 bits per heavy atom. The van der Waals surface area contributed by atoms with Gasteiger partial charge in [0.05, 0.1) is 12.3 Å². The molecule has 0 aliphatic heterocycles. The predicted octanol–water partition coefficient (Wildman–Crippen LogP) is 6.11. The molecule has 6 nitrogen and oxygen atoms in total. The first-order valence-electron chi connectivity index (χ1n) is 12.4. The first-order chi connectivity index (χ1) is 18.4. The van der Waals surface area contributed by atoms with Gasteiger partial charge in [-0.3, -0.25) is 4.79 Å². The summed E-state index contributed by atoms with van der Waals surface area (Å²) in [7, 11) is 0. The van der Waals surface area contributed by atoms with Crippen LogP contribution < -0.4 is 10.1 Å². The Bertz CT molecular complexity index is 1400. The molecule has 38 heavy (non-hydrogen) atoms. The summed E-state index contributed by atoms with van der Waals surface area (Å²) in [5, 5.41) is 13.7. The summed E-state index contributed by atoms with van der Waals surface area (Å²) in [6, 6.07) is 25.6. The summed E-state index contributed by atoms with van der Waals surface area (Å²) >= 11 is 1.69. The normalized spacial score (nSPS) is 12.1. The Morgan fingerprint density at radius 3 is 2.32 bits per heavy atom. The van der Waals surface area contributed by atoms with Crippen LogP contribution in [0.15, 0.2) is 96.7 Å². The van der Waals surface area contributed by atoms with Crippen LogP contribution in [0.1, 0.15) is 33.4 Å². The Morgan fingerprint density at radius 2 is 1.66 bits per heavy atom. The van der Waals surface area contributed by atoms with Crippen molar-refractivity contribution in [2.45, 2.75) is 32.7 Å². The van der Waals surface area contributed by atoms with Gasteiger partial charge in [-0.25, -0.2) is 9.78 Å². The number of nitrogens with zero attached hydrogens (tertiary/aromatic N) is 1. The number of carboxylic acid groups (broad SMARTS) is 1. The highest BCUT2D eigenvalue weighted by Crippen LogP contribution is 2.27. The second kappa shape index (κ2) is 12.8. The molecule has 194 valence electrons. The van der Waals surface area contributed by atoms with Crippen molar-refractivity contribution in [1.82, 2.24) is 10.3 Å². The van der Waals surface area contributed by atoms with E-state index in [4.69, 9.17) is 9.72 Å². The summed E-state index contributed by atoms with van der Waals surface area (Å²) in [5.41, 5.74) is 4.06. The fourth-order valence-electron chi connectivity index (χ4n) is 3.99. The van der Waals surface area contributed by atoms with E-state index in [-0.39, 0.29) is 12.2 Å². The number of carboxylic acids is 1.